The summed E-state index contributed by atoms with van der Waals surface area (Å²) in [4.78, 5) is 14.5. The van der Waals surface area contributed by atoms with E-state index < -0.39 is 83.1 Å². The third-order valence-electron chi connectivity index (χ3n) is 15.6. The second-order valence-corrected chi connectivity index (χ2v) is 17.3. The number of allylic oxidation sites excluding steroid dienone is 1. The predicted molar refractivity (Wildman–Crippen MR) is 169 cm³/mol. The number of carbonyl (C=O) groups is 1. The monoisotopic (exact) mass is 666 g/mol. The van der Waals surface area contributed by atoms with E-state index in [2.05, 4.69) is 26.8 Å². The van der Waals surface area contributed by atoms with Crippen LogP contribution in [0.4, 0.5) is 0 Å². The van der Waals surface area contributed by atoms with Gasteiger partial charge in [-0.3, -0.25) is 4.79 Å². The number of aliphatic hydroxyl groups is 8. The average Bonchev–Trinajstić information content (AvgIpc) is 3.03. The Morgan fingerprint density at radius 2 is 1.55 bits per heavy atom. The van der Waals surface area contributed by atoms with Crippen LogP contribution in [-0.2, 0) is 14.3 Å². The second kappa shape index (κ2) is 11.7. The highest BCUT2D eigenvalue weighted by Crippen LogP contribution is 2.76. The van der Waals surface area contributed by atoms with Gasteiger partial charge in [-0.15, -0.1) is 0 Å². The molecule has 47 heavy (non-hydrogen) atoms. The minimum atomic E-state index is -1.74. The molecule has 0 aromatic carbocycles. The standard InChI is InChI=1S/C36H58O11/c1-31-11-10-24(40)32(2,18-39)22(31)9-12-34(4)23(31)7-6-20-28-35(5,45)19(16-37)8-13-36(28,15-14-33(20,34)3)30(44)47-29-27(43)26(42)25(41)21(17-38)46-29/h6,19,21-29,37-43,45H,7-18H2,1-5H3/t19-,21+,22?,23+,24-,25+,26-,27+,28-,29-,31-,32-,33+,34+,35+,36-/m0/s1. The lowest BCUT2D eigenvalue weighted by Gasteiger charge is -2.72. The van der Waals surface area contributed by atoms with Gasteiger partial charge in [-0.05, 0) is 92.8 Å². The number of hydrogen-bond acceptors (Lipinski definition) is 11. The normalized spacial score (nSPS) is 55.9. The summed E-state index contributed by atoms with van der Waals surface area (Å²) in [7, 11) is 0. The first-order chi connectivity index (χ1) is 21.9. The molecule has 5 aliphatic carbocycles. The maximum atomic E-state index is 14.5. The maximum absolute atomic E-state index is 14.5. The summed E-state index contributed by atoms with van der Waals surface area (Å²) >= 11 is 0. The number of carbonyl (C=O) groups excluding carboxylic acids is 1. The van der Waals surface area contributed by atoms with Gasteiger partial charge in [-0.2, -0.15) is 0 Å². The van der Waals surface area contributed by atoms with Crippen molar-refractivity contribution in [1.29, 1.82) is 0 Å². The highest BCUT2D eigenvalue weighted by atomic mass is 16.7. The first kappa shape index (κ1) is 35.7. The van der Waals surface area contributed by atoms with Crippen molar-refractivity contribution in [2.24, 2.45) is 50.7 Å². The number of ether oxygens (including phenoxy) is 2. The molecule has 1 saturated heterocycles. The zero-order chi connectivity index (χ0) is 34.5. The zero-order valence-corrected chi connectivity index (χ0v) is 28.6. The molecule has 0 aromatic heterocycles. The van der Waals surface area contributed by atoms with Crippen molar-refractivity contribution in [1.82, 2.24) is 0 Å². The van der Waals surface area contributed by atoms with E-state index in [1.165, 1.54) is 0 Å². The Labute approximate surface area is 278 Å². The number of fused-ring (bicyclic) bond motifs is 7. The fourth-order valence-electron chi connectivity index (χ4n) is 12.4. The highest BCUT2D eigenvalue weighted by Gasteiger charge is 2.72. The van der Waals surface area contributed by atoms with Gasteiger partial charge in [0.2, 0.25) is 6.29 Å². The smallest absolute Gasteiger partial charge is 0.315 e. The van der Waals surface area contributed by atoms with Crippen molar-refractivity contribution in [3.8, 4) is 0 Å². The summed E-state index contributed by atoms with van der Waals surface area (Å²) in [5.41, 5.74) is -3.01. The Bertz CT molecular complexity index is 1250. The van der Waals surface area contributed by atoms with Gasteiger partial charge in [-0.1, -0.05) is 39.3 Å². The van der Waals surface area contributed by atoms with Crippen LogP contribution in [0.1, 0.15) is 92.4 Å². The van der Waals surface area contributed by atoms with E-state index in [0.29, 0.717) is 32.1 Å². The molecule has 1 aliphatic heterocycles. The highest BCUT2D eigenvalue weighted by molar-refractivity contribution is 5.79. The summed E-state index contributed by atoms with van der Waals surface area (Å²) in [6, 6.07) is 0. The second-order valence-electron chi connectivity index (χ2n) is 17.3. The van der Waals surface area contributed by atoms with Gasteiger partial charge < -0.3 is 50.3 Å². The molecule has 4 saturated carbocycles. The molecule has 0 bridgehead atoms. The Morgan fingerprint density at radius 3 is 2.19 bits per heavy atom. The third kappa shape index (κ3) is 4.67. The Hall–Kier alpha value is -1.15. The molecule has 5 fully saturated rings. The van der Waals surface area contributed by atoms with Crippen molar-refractivity contribution in [2.75, 3.05) is 19.8 Å². The minimum Gasteiger partial charge on any atom is -0.432 e. The van der Waals surface area contributed by atoms with Crippen LogP contribution in [0.3, 0.4) is 0 Å². The Morgan fingerprint density at radius 1 is 0.851 bits per heavy atom. The van der Waals surface area contributed by atoms with Gasteiger partial charge in [0.1, 0.15) is 24.4 Å². The van der Waals surface area contributed by atoms with E-state index in [0.717, 1.165) is 31.3 Å². The lowest BCUT2D eigenvalue weighted by molar-refractivity contribution is -0.299. The van der Waals surface area contributed by atoms with E-state index in [-0.39, 0.29) is 35.9 Å². The first-order valence-electron chi connectivity index (χ1n) is 17.8. The molecule has 0 spiro atoms. The summed E-state index contributed by atoms with van der Waals surface area (Å²) in [5, 5.41) is 85.5. The number of esters is 1. The molecule has 268 valence electrons. The van der Waals surface area contributed by atoms with Crippen LogP contribution in [0, 0.1) is 50.7 Å². The fourth-order valence-corrected chi connectivity index (χ4v) is 12.4. The molecule has 0 aromatic rings. The molecule has 8 N–H and O–H groups in total. The van der Waals surface area contributed by atoms with Crippen LogP contribution < -0.4 is 0 Å². The topological polar surface area (TPSA) is 197 Å². The molecule has 1 unspecified atom stereocenters. The summed E-state index contributed by atoms with van der Waals surface area (Å²) in [5.74, 6) is -1.46. The summed E-state index contributed by atoms with van der Waals surface area (Å²) < 4.78 is 11.4. The molecule has 11 nitrogen and oxygen atoms in total. The van der Waals surface area contributed by atoms with Crippen LogP contribution in [0.5, 0.6) is 0 Å². The van der Waals surface area contributed by atoms with Gasteiger partial charge in [0.05, 0.1) is 30.3 Å². The van der Waals surface area contributed by atoms with E-state index >= 15 is 0 Å². The number of hydrogen-bond donors (Lipinski definition) is 8. The van der Waals surface area contributed by atoms with Crippen LogP contribution in [-0.4, -0.2) is 109 Å². The van der Waals surface area contributed by atoms with Gasteiger partial charge in [0, 0.05) is 23.9 Å². The minimum absolute atomic E-state index is 0.0667. The number of aliphatic hydroxyl groups excluding tert-OH is 7. The molecular weight excluding hydrogens is 608 g/mol. The average molecular weight is 667 g/mol. The lowest BCUT2D eigenvalue weighted by atomic mass is 9.33. The van der Waals surface area contributed by atoms with Gasteiger partial charge in [0.15, 0.2) is 0 Å². The van der Waals surface area contributed by atoms with Gasteiger partial charge >= 0.3 is 5.97 Å². The maximum Gasteiger partial charge on any atom is 0.315 e. The Balaban J connectivity index is 1.40. The summed E-state index contributed by atoms with van der Waals surface area (Å²) in [6.07, 6.45) is -0.504. The zero-order valence-electron chi connectivity index (χ0n) is 28.6. The fraction of sp³-hybridized carbons (Fsp3) is 0.917. The molecule has 0 amide bonds. The van der Waals surface area contributed by atoms with E-state index in [1.54, 1.807) is 6.92 Å². The SMILES string of the molecule is C[C@@]1(O)[C@H](CO)CC[C@]2(C(=O)O[C@@H]3O[C@H](CO)[C@@H](O)[C@H](O)[C@H]3O)CC[C@]3(C)C(=CC[C@@H]4[C@@]5(C)CC[C@H](O)[C@@](C)(CO)C5CC[C@]43C)[C@H]21. The molecule has 6 rings (SSSR count). The first-order valence-corrected chi connectivity index (χ1v) is 17.8. The van der Waals surface area contributed by atoms with Crippen LogP contribution in [0.2, 0.25) is 0 Å². The van der Waals surface area contributed by atoms with Crippen LogP contribution in [0.15, 0.2) is 11.6 Å². The van der Waals surface area contributed by atoms with Crippen molar-refractivity contribution in [2.45, 2.75) is 135 Å². The van der Waals surface area contributed by atoms with Crippen molar-refractivity contribution in [3.05, 3.63) is 11.6 Å². The van der Waals surface area contributed by atoms with Crippen molar-refractivity contribution >= 4 is 5.97 Å². The lowest BCUT2D eigenvalue weighted by Crippen LogP contribution is -2.69. The third-order valence-corrected chi connectivity index (χ3v) is 15.6. The predicted octanol–water partition coefficient (Wildman–Crippen LogP) is 1.41. The largest absolute Gasteiger partial charge is 0.432 e. The molecule has 16 atom stereocenters. The van der Waals surface area contributed by atoms with Crippen LogP contribution >= 0.6 is 0 Å². The quantitative estimate of drug-likeness (QED) is 0.156. The van der Waals surface area contributed by atoms with Crippen LogP contribution in [0.25, 0.3) is 0 Å². The van der Waals surface area contributed by atoms with E-state index in [1.807, 2.05) is 6.92 Å². The Kier molecular flexibility index (Phi) is 8.88. The molecule has 0 radical (unpaired) electrons. The molecule has 11 heteroatoms. The van der Waals surface area contributed by atoms with Gasteiger partial charge in [-0.25, -0.2) is 0 Å². The van der Waals surface area contributed by atoms with Crippen molar-refractivity contribution in [3.63, 3.8) is 0 Å². The molecule has 6 aliphatic rings. The summed E-state index contributed by atoms with van der Waals surface area (Å²) in [6.45, 7) is 9.74. The van der Waals surface area contributed by atoms with Crippen molar-refractivity contribution < 1.29 is 55.1 Å². The van der Waals surface area contributed by atoms with E-state index in [4.69, 9.17) is 9.47 Å². The molecule has 1 heterocycles. The van der Waals surface area contributed by atoms with Gasteiger partial charge in [0.25, 0.3) is 0 Å². The number of rotatable bonds is 5. The molecular formula is C36H58O11. The van der Waals surface area contributed by atoms with E-state index in [9.17, 15) is 45.6 Å².